The lowest BCUT2D eigenvalue weighted by molar-refractivity contribution is 0.101. The minimum atomic E-state index is -0.438. The van der Waals surface area contributed by atoms with Crippen molar-refractivity contribution in [3.63, 3.8) is 0 Å². The van der Waals surface area contributed by atoms with Gasteiger partial charge in [-0.2, -0.15) is 0 Å². The molecule has 0 saturated heterocycles. The molecule has 0 aromatic heterocycles. The number of halogens is 1. The molecule has 1 rings (SSSR count). The molecule has 3 heteroatoms. The predicted octanol–water partition coefficient (Wildman–Crippen LogP) is 3.45. The topological polar surface area (TPSA) is 26.3 Å². The summed E-state index contributed by atoms with van der Waals surface area (Å²) in [4.78, 5) is 11.1. The summed E-state index contributed by atoms with van der Waals surface area (Å²) in [6.45, 7) is 6.14. The molecule has 2 nitrogen and oxygen atoms in total. The maximum absolute atomic E-state index is 13.1. The van der Waals surface area contributed by atoms with Gasteiger partial charge in [0, 0.05) is 11.6 Å². The van der Waals surface area contributed by atoms with Crippen molar-refractivity contribution in [1.29, 1.82) is 0 Å². The average molecular weight is 224 g/mol. The number of hydrogen-bond donors (Lipinski definition) is 0. The molecule has 0 aliphatic heterocycles. The van der Waals surface area contributed by atoms with E-state index in [0.717, 1.165) is 6.42 Å². The molecule has 0 bridgehead atoms. The number of hydrogen-bond acceptors (Lipinski definition) is 2. The van der Waals surface area contributed by atoms with Gasteiger partial charge in [-0.1, -0.05) is 13.8 Å². The number of ether oxygens (including phenoxy) is 1. The fraction of sp³-hybridized carbons (Fsp3) is 0.462. The summed E-state index contributed by atoms with van der Waals surface area (Å²) in [7, 11) is 0. The summed E-state index contributed by atoms with van der Waals surface area (Å²) < 4.78 is 18.5. The second-order valence-corrected chi connectivity index (χ2v) is 4.26. The molecule has 0 N–H and O–H groups in total. The number of rotatable bonds is 5. The van der Waals surface area contributed by atoms with Crippen LogP contribution < -0.4 is 4.74 Å². The van der Waals surface area contributed by atoms with E-state index in [9.17, 15) is 9.18 Å². The number of ketones is 1. The number of carbonyl (C=O) groups excluding carboxylic acids is 1. The minimum Gasteiger partial charge on any atom is -0.493 e. The molecule has 0 spiro atoms. The van der Waals surface area contributed by atoms with E-state index in [-0.39, 0.29) is 5.78 Å². The van der Waals surface area contributed by atoms with E-state index in [1.165, 1.54) is 19.1 Å². The highest BCUT2D eigenvalue weighted by Gasteiger charge is 2.05. The Morgan fingerprint density at radius 1 is 1.38 bits per heavy atom. The van der Waals surface area contributed by atoms with Gasteiger partial charge in [0.05, 0.1) is 6.61 Å². The standard InChI is InChI=1S/C13H17FO2/c1-9(2)4-5-16-13-7-11(10(3)15)6-12(14)8-13/h6-9H,4-5H2,1-3H3. The van der Waals surface area contributed by atoms with Crippen molar-refractivity contribution in [1.82, 2.24) is 0 Å². The summed E-state index contributed by atoms with van der Waals surface area (Å²) in [5.41, 5.74) is 0.347. The molecule has 0 atom stereocenters. The normalized spacial score (nSPS) is 10.6. The van der Waals surface area contributed by atoms with Crippen LogP contribution in [0.1, 0.15) is 37.6 Å². The fourth-order valence-electron chi connectivity index (χ4n) is 1.26. The van der Waals surface area contributed by atoms with Crippen molar-refractivity contribution in [3.05, 3.63) is 29.6 Å². The zero-order chi connectivity index (χ0) is 12.1. The Kier molecular flexibility index (Phi) is 4.47. The van der Waals surface area contributed by atoms with Gasteiger partial charge in [0.15, 0.2) is 5.78 Å². The largest absolute Gasteiger partial charge is 0.493 e. The van der Waals surface area contributed by atoms with Crippen LogP contribution in [-0.4, -0.2) is 12.4 Å². The zero-order valence-corrected chi connectivity index (χ0v) is 9.92. The molecule has 0 heterocycles. The van der Waals surface area contributed by atoms with Crippen LogP contribution in [0.5, 0.6) is 5.75 Å². The molecular formula is C13H17FO2. The van der Waals surface area contributed by atoms with Crippen molar-refractivity contribution >= 4 is 5.78 Å². The highest BCUT2D eigenvalue weighted by Crippen LogP contribution is 2.17. The van der Waals surface area contributed by atoms with E-state index in [1.54, 1.807) is 6.07 Å². The first-order valence-corrected chi connectivity index (χ1v) is 5.43. The van der Waals surface area contributed by atoms with Gasteiger partial charge in [-0.3, -0.25) is 4.79 Å². The molecule has 0 saturated carbocycles. The fourth-order valence-corrected chi connectivity index (χ4v) is 1.26. The molecule has 1 aromatic carbocycles. The van der Waals surface area contributed by atoms with Crippen LogP contribution in [-0.2, 0) is 0 Å². The molecule has 0 radical (unpaired) electrons. The molecule has 0 unspecified atom stereocenters. The minimum absolute atomic E-state index is 0.159. The Hall–Kier alpha value is -1.38. The number of carbonyl (C=O) groups is 1. The van der Waals surface area contributed by atoms with E-state index in [4.69, 9.17) is 4.74 Å². The SMILES string of the molecule is CC(=O)c1cc(F)cc(OCCC(C)C)c1. The van der Waals surface area contributed by atoms with Crippen LogP contribution in [0.25, 0.3) is 0 Å². The number of Topliss-reactive ketones (excluding diaryl/α,β-unsaturated/α-hetero) is 1. The summed E-state index contributed by atoms with van der Waals surface area (Å²) in [5, 5.41) is 0. The van der Waals surface area contributed by atoms with Crippen LogP contribution in [0.3, 0.4) is 0 Å². The lowest BCUT2D eigenvalue weighted by Crippen LogP contribution is -2.03. The van der Waals surface area contributed by atoms with Gasteiger partial charge in [-0.25, -0.2) is 4.39 Å². The lowest BCUT2D eigenvalue weighted by Gasteiger charge is -2.09. The molecule has 0 amide bonds. The average Bonchev–Trinajstić information content (AvgIpc) is 2.16. The van der Waals surface area contributed by atoms with Crippen molar-refractivity contribution in [3.8, 4) is 5.75 Å². The Morgan fingerprint density at radius 3 is 2.62 bits per heavy atom. The van der Waals surface area contributed by atoms with E-state index < -0.39 is 5.82 Å². The molecule has 0 aliphatic carbocycles. The van der Waals surface area contributed by atoms with Gasteiger partial charge < -0.3 is 4.74 Å². The third-order valence-electron chi connectivity index (χ3n) is 2.24. The number of benzene rings is 1. The van der Waals surface area contributed by atoms with Crippen LogP contribution in [0.15, 0.2) is 18.2 Å². The third kappa shape index (κ3) is 4.01. The molecule has 1 aromatic rings. The van der Waals surface area contributed by atoms with Crippen molar-refractivity contribution in [2.24, 2.45) is 5.92 Å². The molecule has 0 aliphatic rings. The second-order valence-electron chi connectivity index (χ2n) is 4.26. The first-order chi connectivity index (χ1) is 7.49. The Balaban J connectivity index is 2.69. The smallest absolute Gasteiger partial charge is 0.160 e. The van der Waals surface area contributed by atoms with Crippen LogP contribution >= 0.6 is 0 Å². The molecule has 0 fully saturated rings. The van der Waals surface area contributed by atoms with Crippen LogP contribution in [0.4, 0.5) is 4.39 Å². The second kappa shape index (κ2) is 5.64. The highest BCUT2D eigenvalue weighted by molar-refractivity contribution is 5.94. The summed E-state index contributed by atoms with van der Waals surface area (Å²) in [6, 6.07) is 4.09. The van der Waals surface area contributed by atoms with Gasteiger partial charge in [-0.15, -0.1) is 0 Å². The zero-order valence-electron chi connectivity index (χ0n) is 9.92. The summed E-state index contributed by atoms with van der Waals surface area (Å²) in [5.74, 6) is 0.368. The van der Waals surface area contributed by atoms with E-state index in [0.29, 0.717) is 23.8 Å². The van der Waals surface area contributed by atoms with Gasteiger partial charge in [0.1, 0.15) is 11.6 Å². The Morgan fingerprint density at radius 2 is 2.06 bits per heavy atom. The Bertz CT molecular complexity index is 372. The predicted molar refractivity (Wildman–Crippen MR) is 61.4 cm³/mol. The maximum atomic E-state index is 13.1. The van der Waals surface area contributed by atoms with Gasteiger partial charge >= 0.3 is 0 Å². The van der Waals surface area contributed by atoms with Crippen molar-refractivity contribution in [2.75, 3.05) is 6.61 Å². The van der Waals surface area contributed by atoms with Crippen molar-refractivity contribution in [2.45, 2.75) is 27.2 Å². The van der Waals surface area contributed by atoms with Crippen molar-refractivity contribution < 1.29 is 13.9 Å². The van der Waals surface area contributed by atoms with E-state index in [2.05, 4.69) is 13.8 Å². The highest BCUT2D eigenvalue weighted by atomic mass is 19.1. The van der Waals surface area contributed by atoms with Gasteiger partial charge in [0.2, 0.25) is 0 Å². The first-order valence-electron chi connectivity index (χ1n) is 5.43. The lowest BCUT2D eigenvalue weighted by atomic mass is 10.1. The van der Waals surface area contributed by atoms with Gasteiger partial charge in [-0.05, 0) is 31.4 Å². The third-order valence-corrected chi connectivity index (χ3v) is 2.24. The van der Waals surface area contributed by atoms with E-state index >= 15 is 0 Å². The van der Waals surface area contributed by atoms with Crippen LogP contribution in [0.2, 0.25) is 0 Å². The maximum Gasteiger partial charge on any atom is 0.160 e. The van der Waals surface area contributed by atoms with Gasteiger partial charge in [0.25, 0.3) is 0 Å². The molecule has 88 valence electrons. The van der Waals surface area contributed by atoms with E-state index in [1.807, 2.05) is 0 Å². The Labute approximate surface area is 95.4 Å². The summed E-state index contributed by atoms with van der Waals surface area (Å²) >= 11 is 0. The quantitative estimate of drug-likeness (QED) is 0.716. The summed E-state index contributed by atoms with van der Waals surface area (Å²) in [6.07, 6.45) is 0.909. The first kappa shape index (κ1) is 12.7. The monoisotopic (exact) mass is 224 g/mol. The van der Waals surface area contributed by atoms with Crippen LogP contribution in [0, 0.1) is 11.7 Å². The molecular weight excluding hydrogens is 207 g/mol. The molecule has 16 heavy (non-hydrogen) atoms.